The number of unbranched alkanes of at least 4 members (excludes halogenated alkanes) is 1. The fourth-order valence-corrected chi connectivity index (χ4v) is 4.27. The van der Waals surface area contributed by atoms with E-state index in [2.05, 4.69) is 56.3 Å². The van der Waals surface area contributed by atoms with Crippen LogP contribution in [0.1, 0.15) is 30.5 Å². The quantitative estimate of drug-likeness (QED) is 0.556. The van der Waals surface area contributed by atoms with Crippen molar-refractivity contribution in [3.05, 3.63) is 64.5 Å². The number of anilines is 1. The van der Waals surface area contributed by atoms with Crippen molar-refractivity contribution in [1.82, 2.24) is 15.0 Å². The van der Waals surface area contributed by atoms with Crippen LogP contribution in [0.15, 0.2) is 53.3 Å². The molecule has 0 fully saturated rings. The summed E-state index contributed by atoms with van der Waals surface area (Å²) in [7, 11) is 0. The van der Waals surface area contributed by atoms with E-state index >= 15 is 0 Å². The molecule has 146 valence electrons. The SMILES string of the molecule is NCCCCN(Cc1nccc2cc(Br)ccc12)N1CCCc2cccnc21. The molecule has 0 amide bonds. The van der Waals surface area contributed by atoms with Crippen molar-refractivity contribution in [2.75, 3.05) is 24.6 Å². The van der Waals surface area contributed by atoms with Crippen molar-refractivity contribution in [2.24, 2.45) is 5.73 Å². The number of rotatable bonds is 7. The summed E-state index contributed by atoms with van der Waals surface area (Å²) in [5.41, 5.74) is 8.17. The van der Waals surface area contributed by atoms with Gasteiger partial charge in [0, 0.05) is 35.3 Å². The summed E-state index contributed by atoms with van der Waals surface area (Å²) in [6.07, 6.45) is 8.12. The van der Waals surface area contributed by atoms with Crippen LogP contribution in [0.5, 0.6) is 0 Å². The van der Waals surface area contributed by atoms with Gasteiger partial charge in [0.2, 0.25) is 0 Å². The van der Waals surface area contributed by atoms with E-state index in [1.807, 2.05) is 18.5 Å². The summed E-state index contributed by atoms with van der Waals surface area (Å²) >= 11 is 3.57. The zero-order valence-corrected chi connectivity index (χ0v) is 17.6. The van der Waals surface area contributed by atoms with Crippen molar-refractivity contribution in [3.63, 3.8) is 0 Å². The number of aryl methyl sites for hydroxylation is 1. The molecule has 5 nitrogen and oxygen atoms in total. The minimum absolute atomic E-state index is 0.725. The Bertz CT molecular complexity index is 945. The zero-order valence-electron chi connectivity index (χ0n) is 16.0. The maximum absolute atomic E-state index is 5.75. The van der Waals surface area contributed by atoms with E-state index in [-0.39, 0.29) is 0 Å². The second-order valence-electron chi connectivity index (χ2n) is 7.22. The van der Waals surface area contributed by atoms with Crippen LogP contribution < -0.4 is 10.7 Å². The number of nitrogens with zero attached hydrogens (tertiary/aromatic N) is 4. The Balaban J connectivity index is 1.66. The van der Waals surface area contributed by atoms with Crippen molar-refractivity contribution >= 4 is 32.5 Å². The molecule has 0 saturated carbocycles. The van der Waals surface area contributed by atoms with E-state index in [4.69, 9.17) is 15.7 Å². The molecule has 2 N–H and O–H groups in total. The summed E-state index contributed by atoms with van der Waals surface area (Å²) in [4.78, 5) is 9.43. The number of pyridine rings is 2. The Morgan fingerprint density at radius 1 is 1.11 bits per heavy atom. The molecule has 3 heterocycles. The third kappa shape index (κ3) is 4.19. The summed E-state index contributed by atoms with van der Waals surface area (Å²) in [5, 5.41) is 7.17. The van der Waals surface area contributed by atoms with Crippen LogP contribution in [0, 0.1) is 0 Å². The number of nitrogens with two attached hydrogens (primary N) is 1. The van der Waals surface area contributed by atoms with Crippen LogP contribution >= 0.6 is 15.9 Å². The highest BCUT2D eigenvalue weighted by Crippen LogP contribution is 2.28. The van der Waals surface area contributed by atoms with Gasteiger partial charge in [-0.1, -0.05) is 28.1 Å². The predicted octanol–water partition coefficient (Wildman–Crippen LogP) is 4.30. The molecule has 3 aromatic rings. The van der Waals surface area contributed by atoms with Crippen molar-refractivity contribution < 1.29 is 0 Å². The molecule has 0 atom stereocenters. The van der Waals surface area contributed by atoms with Gasteiger partial charge in [0.05, 0.1) is 12.2 Å². The second-order valence-corrected chi connectivity index (χ2v) is 8.14. The fourth-order valence-electron chi connectivity index (χ4n) is 3.89. The number of benzene rings is 1. The third-order valence-corrected chi connectivity index (χ3v) is 5.77. The molecule has 4 rings (SSSR count). The smallest absolute Gasteiger partial charge is 0.146 e. The average Bonchev–Trinajstić information content (AvgIpc) is 2.72. The van der Waals surface area contributed by atoms with Crippen LogP contribution in [-0.4, -0.2) is 34.6 Å². The number of hydrogen-bond acceptors (Lipinski definition) is 5. The maximum atomic E-state index is 5.75. The Kier molecular flexibility index (Phi) is 6.20. The lowest BCUT2D eigenvalue weighted by atomic mass is 10.1. The third-order valence-electron chi connectivity index (χ3n) is 5.28. The number of hydrogen-bond donors (Lipinski definition) is 1. The molecule has 6 heteroatoms. The first-order valence-corrected chi connectivity index (χ1v) is 10.7. The lowest BCUT2D eigenvalue weighted by molar-refractivity contribution is 0.226. The first-order valence-electron chi connectivity index (χ1n) is 9.96. The molecule has 0 radical (unpaired) electrons. The molecule has 1 aliphatic rings. The van der Waals surface area contributed by atoms with Gasteiger partial charge in [-0.3, -0.25) is 9.99 Å². The number of fused-ring (bicyclic) bond motifs is 2. The van der Waals surface area contributed by atoms with Gasteiger partial charge in [0.15, 0.2) is 0 Å². The maximum Gasteiger partial charge on any atom is 0.146 e. The topological polar surface area (TPSA) is 58.3 Å². The minimum atomic E-state index is 0.725. The van der Waals surface area contributed by atoms with Crippen LogP contribution in [0.2, 0.25) is 0 Å². The molecule has 0 spiro atoms. The lowest BCUT2D eigenvalue weighted by Gasteiger charge is -2.39. The molecule has 0 aliphatic carbocycles. The lowest BCUT2D eigenvalue weighted by Crippen LogP contribution is -2.46. The van der Waals surface area contributed by atoms with E-state index < -0.39 is 0 Å². The fraction of sp³-hybridized carbons (Fsp3) is 0.364. The molecule has 0 bridgehead atoms. The zero-order chi connectivity index (χ0) is 19.3. The summed E-state index contributed by atoms with van der Waals surface area (Å²) in [6.45, 7) is 3.42. The highest BCUT2D eigenvalue weighted by molar-refractivity contribution is 9.10. The van der Waals surface area contributed by atoms with Crippen LogP contribution in [-0.2, 0) is 13.0 Å². The van der Waals surface area contributed by atoms with E-state index in [1.54, 1.807) is 0 Å². The Morgan fingerprint density at radius 2 is 2.04 bits per heavy atom. The van der Waals surface area contributed by atoms with E-state index in [9.17, 15) is 0 Å². The molecule has 1 aromatic carbocycles. The van der Waals surface area contributed by atoms with Gasteiger partial charge in [-0.15, -0.1) is 0 Å². The van der Waals surface area contributed by atoms with Crippen molar-refractivity contribution in [2.45, 2.75) is 32.2 Å². The summed E-state index contributed by atoms with van der Waals surface area (Å²) in [5.74, 6) is 1.09. The van der Waals surface area contributed by atoms with Gasteiger partial charge in [-0.05, 0) is 67.4 Å². The van der Waals surface area contributed by atoms with Gasteiger partial charge in [0.1, 0.15) is 5.82 Å². The minimum Gasteiger partial charge on any atom is -0.330 e. The van der Waals surface area contributed by atoms with Crippen molar-refractivity contribution in [1.29, 1.82) is 0 Å². The Morgan fingerprint density at radius 3 is 2.93 bits per heavy atom. The van der Waals surface area contributed by atoms with E-state index in [0.717, 1.165) is 67.8 Å². The van der Waals surface area contributed by atoms with Crippen LogP contribution in [0.3, 0.4) is 0 Å². The van der Waals surface area contributed by atoms with Gasteiger partial charge < -0.3 is 5.73 Å². The van der Waals surface area contributed by atoms with Gasteiger partial charge in [-0.2, -0.15) is 0 Å². The Labute approximate surface area is 174 Å². The highest BCUT2D eigenvalue weighted by atomic mass is 79.9. The average molecular weight is 440 g/mol. The van der Waals surface area contributed by atoms with E-state index in [0.29, 0.717) is 0 Å². The molecule has 2 aromatic heterocycles. The number of hydrazine groups is 1. The molecule has 1 aliphatic heterocycles. The monoisotopic (exact) mass is 439 g/mol. The normalized spacial score (nSPS) is 13.9. The largest absolute Gasteiger partial charge is 0.330 e. The highest BCUT2D eigenvalue weighted by Gasteiger charge is 2.24. The molecule has 28 heavy (non-hydrogen) atoms. The second kappa shape index (κ2) is 8.99. The Hall–Kier alpha value is -2.02. The van der Waals surface area contributed by atoms with Gasteiger partial charge in [0.25, 0.3) is 0 Å². The van der Waals surface area contributed by atoms with Gasteiger partial charge in [-0.25, -0.2) is 9.99 Å². The summed E-state index contributed by atoms with van der Waals surface area (Å²) < 4.78 is 1.09. The standard InChI is InChI=1S/C22H26BrN5/c23-19-7-8-20-18(15-19)9-12-25-21(20)16-27(13-2-1-10-24)28-14-4-6-17-5-3-11-26-22(17)28/h3,5,7-9,11-12,15H,1-2,4,6,10,13-14,16,24H2. The molecule has 0 unspecified atom stereocenters. The predicted molar refractivity (Wildman–Crippen MR) is 118 cm³/mol. The molecular weight excluding hydrogens is 414 g/mol. The van der Waals surface area contributed by atoms with E-state index in [1.165, 1.54) is 16.3 Å². The van der Waals surface area contributed by atoms with Crippen molar-refractivity contribution in [3.8, 4) is 0 Å². The first kappa shape index (κ1) is 19.3. The summed E-state index contributed by atoms with van der Waals surface area (Å²) in [6, 6.07) is 12.7. The number of halogens is 1. The molecular formula is C22H26BrN5. The van der Waals surface area contributed by atoms with Crippen LogP contribution in [0.4, 0.5) is 5.82 Å². The first-order chi connectivity index (χ1) is 13.8. The number of aromatic nitrogens is 2. The molecule has 0 saturated heterocycles. The van der Waals surface area contributed by atoms with Crippen LogP contribution in [0.25, 0.3) is 10.8 Å². The van der Waals surface area contributed by atoms with Gasteiger partial charge >= 0.3 is 0 Å².